The number of hydrogen-bond donors (Lipinski definition) is 0. The molecule has 0 bridgehead atoms. The van der Waals surface area contributed by atoms with Crippen LogP contribution in [-0.2, 0) is 9.53 Å². The average Bonchev–Trinajstić information content (AvgIpc) is 3.37. The fourth-order valence-electron chi connectivity index (χ4n) is 4.16. The molecule has 0 aliphatic rings. The number of carbonyl (C=O) groups excluding carboxylic acids is 1. The van der Waals surface area contributed by atoms with Gasteiger partial charge in [0.1, 0.15) is 5.58 Å². The average molecular weight is 762 g/mol. The fourth-order valence-corrected chi connectivity index (χ4v) is 5.47. The van der Waals surface area contributed by atoms with Crippen LogP contribution in [-0.4, -0.2) is 41.2 Å². The highest BCUT2D eigenvalue weighted by atomic mass is 79.9. The third-order valence-electron chi connectivity index (χ3n) is 5.92. The molecule has 5 aromatic rings. The van der Waals surface area contributed by atoms with Gasteiger partial charge in [0, 0.05) is 19.9 Å². The number of fused-ring (bicyclic) bond motifs is 2. The lowest BCUT2D eigenvalue weighted by atomic mass is 10.2. The normalized spacial score (nSPS) is 11.6. The molecular weight excluding hydrogens is 738 g/mol. The maximum atomic E-state index is 13.7. The zero-order valence-electron chi connectivity index (χ0n) is 22.7. The van der Waals surface area contributed by atoms with Crippen LogP contribution >= 0.6 is 47.8 Å². The summed E-state index contributed by atoms with van der Waals surface area (Å²) in [6, 6.07) is 16.2. The Morgan fingerprint density at radius 3 is 2.62 bits per heavy atom. The number of nitrogens with zero attached hydrogens (tertiary/aromatic N) is 3. The Morgan fingerprint density at radius 2 is 1.86 bits per heavy atom. The fraction of sp³-hybridized carbons (Fsp3) is 0.200. The van der Waals surface area contributed by atoms with Crippen LogP contribution in [0.1, 0.15) is 26.3 Å². The standard InChI is InChI=1S/C30H24Br3N3O6/c1-4-39-23-13-18(26(32)27(33)28(23)40-15-25(37)41-16(2)3)14-34-36-29(35-21-8-6-5-7-20(21)30(36)38)24-12-17-11-19(31)9-10-22(17)42-24/h5-14,16H,4,15H2,1-3H3. The van der Waals surface area contributed by atoms with Crippen molar-refractivity contribution in [3.63, 3.8) is 0 Å². The minimum atomic E-state index is -0.505. The van der Waals surface area contributed by atoms with Crippen molar-refractivity contribution >= 4 is 81.8 Å². The first-order chi connectivity index (χ1) is 20.2. The van der Waals surface area contributed by atoms with Crippen LogP contribution in [0.4, 0.5) is 0 Å². The number of ether oxygens (including phenoxy) is 3. The minimum absolute atomic E-state index is 0.242. The molecule has 216 valence electrons. The Kier molecular flexibility index (Phi) is 9.14. The zero-order chi connectivity index (χ0) is 30.0. The Morgan fingerprint density at radius 1 is 1.07 bits per heavy atom. The van der Waals surface area contributed by atoms with Gasteiger partial charge in [-0.3, -0.25) is 4.79 Å². The summed E-state index contributed by atoms with van der Waals surface area (Å²) in [5.74, 6) is 0.815. The predicted octanol–water partition coefficient (Wildman–Crippen LogP) is 7.71. The summed E-state index contributed by atoms with van der Waals surface area (Å²) >= 11 is 10.6. The van der Waals surface area contributed by atoms with E-state index in [0.717, 1.165) is 9.86 Å². The SMILES string of the molecule is CCOc1cc(C=Nn2c(-c3cc4cc(Br)ccc4o3)nc3ccccc3c2=O)c(Br)c(Br)c1OCC(=O)OC(C)C. The number of rotatable bonds is 9. The van der Waals surface area contributed by atoms with E-state index in [9.17, 15) is 9.59 Å². The first-order valence-electron chi connectivity index (χ1n) is 12.9. The maximum absolute atomic E-state index is 13.7. The van der Waals surface area contributed by atoms with Crippen LogP contribution in [0.5, 0.6) is 11.5 Å². The summed E-state index contributed by atoms with van der Waals surface area (Å²) in [5.41, 5.74) is 1.37. The van der Waals surface area contributed by atoms with Crippen LogP contribution in [0.2, 0.25) is 0 Å². The Balaban J connectivity index is 1.60. The van der Waals surface area contributed by atoms with Crippen molar-refractivity contribution in [2.24, 2.45) is 5.10 Å². The number of benzene rings is 3. The van der Waals surface area contributed by atoms with Crippen molar-refractivity contribution in [2.45, 2.75) is 26.9 Å². The van der Waals surface area contributed by atoms with Gasteiger partial charge in [-0.15, -0.1) is 0 Å². The van der Waals surface area contributed by atoms with Gasteiger partial charge in [0.2, 0.25) is 5.82 Å². The summed E-state index contributed by atoms with van der Waals surface area (Å²) in [4.78, 5) is 30.5. The van der Waals surface area contributed by atoms with Crippen LogP contribution in [0.15, 0.2) is 82.3 Å². The van der Waals surface area contributed by atoms with Gasteiger partial charge in [-0.05, 0) is 95.1 Å². The van der Waals surface area contributed by atoms with Gasteiger partial charge in [0.15, 0.2) is 23.9 Å². The Bertz CT molecular complexity index is 1900. The molecule has 5 rings (SSSR count). The Labute approximate surface area is 265 Å². The molecule has 0 atom stereocenters. The number of aromatic nitrogens is 2. The number of halogens is 3. The predicted molar refractivity (Wildman–Crippen MR) is 172 cm³/mol. The highest BCUT2D eigenvalue weighted by molar-refractivity contribution is 9.13. The molecule has 9 nitrogen and oxygen atoms in total. The van der Waals surface area contributed by atoms with Crippen molar-refractivity contribution in [1.82, 2.24) is 9.66 Å². The monoisotopic (exact) mass is 759 g/mol. The first kappa shape index (κ1) is 30.0. The van der Waals surface area contributed by atoms with Gasteiger partial charge in [0.25, 0.3) is 5.56 Å². The van der Waals surface area contributed by atoms with Gasteiger partial charge in [-0.1, -0.05) is 28.1 Å². The smallest absolute Gasteiger partial charge is 0.344 e. The number of hydrogen-bond acceptors (Lipinski definition) is 8. The molecule has 42 heavy (non-hydrogen) atoms. The Hall–Kier alpha value is -3.48. The lowest BCUT2D eigenvalue weighted by molar-refractivity contribution is -0.149. The largest absolute Gasteiger partial charge is 0.490 e. The molecule has 3 aromatic carbocycles. The number of carbonyl (C=O) groups is 1. The van der Waals surface area contributed by atoms with E-state index in [2.05, 4.69) is 52.9 Å². The lowest BCUT2D eigenvalue weighted by Gasteiger charge is -2.16. The van der Waals surface area contributed by atoms with Crippen LogP contribution in [0, 0.1) is 0 Å². The highest BCUT2D eigenvalue weighted by Gasteiger charge is 2.20. The molecular formula is C30H24Br3N3O6. The van der Waals surface area contributed by atoms with E-state index in [1.807, 2.05) is 37.3 Å². The van der Waals surface area contributed by atoms with Crippen LogP contribution < -0.4 is 15.0 Å². The quantitative estimate of drug-likeness (QED) is 0.112. The van der Waals surface area contributed by atoms with Crippen molar-refractivity contribution < 1.29 is 23.4 Å². The van der Waals surface area contributed by atoms with E-state index in [1.54, 1.807) is 38.1 Å². The molecule has 2 aromatic heterocycles. The molecule has 0 saturated heterocycles. The molecule has 0 radical (unpaired) electrons. The van der Waals surface area contributed by atoms with Gasteiger partial charge < -0.3 is 18.6 Å². The maximum Gasteiger partial charge on any atom is 0.344 e. The molecule has 0 unspecified atom stereocenters. The molecule has 0 N–H and O–H groups in total. The third-order valence-corrected chi connectivity index (χ3v) is 8.56. The third kappa shape index (κ3) is 6.30. The summed E-state index contributed by atoms with van der Waals surface area (Å²) < 4.78 is 26.0. The molecule has 0 aliphatic heterocycles. The molecule has 0 aliphatic carbocycles. The van der Waals surface area contributed by atoms with Crippen LogP contribution in [0.3, 0.4) is 0 Å². The molecule has 12 heteroatoms. The summed E-state index contributed by atoms with van der Waals surface area (Å²) in [5, 5.41) is 5.81. The van der Waals surface area contributed by atoms with E-state index in [0.29, 0.717) is 54.9 Å². The minimum Gasteiger partial charge on any atom is -0.490 e. The molecule has 2 heterocycles. The van der Waals surface area contributed by atoms with Crippen molar-refractivity contribution in [1.29, 1.82) is 0 Å². The van der Waals surface area contributed by atoms with E-state index < -0.39 is 5.97 Å². The molecule has 0 fully saturated rings. The van der Waals surface area contributed by atoms with Crippen molar-refractivity contribution in [3.05, 3.63) is 83.9 Å². The number of furan rings is 1. The summed E-state index contributed by atoms with van der Waals surface area (Å²) in [6.45, 7) is 5.40. The van der Waals surface area contributed by atoms with Crippen molar-refractivity contribution in [2.75, 3.05) is 13.2 Å². The van der Waals surface area contributed by atoms with E-state index in [-0.39, 0.29) is 24.1 Å². The second-order valence-corrected chi connectivity index (χ2v) is 11.8. The molecule has 0 spiro atoms. The van der Waals surface area contributed by atoms with E-state index in [1.165, 1.54) is 10.9 Å². The highest BCUT2D eigenvalue weighted by Crippen LogP contribution is 2.42. The molecule has 0 amide bonds. The van der Waals surface area contributed by atoms with Gasteiger partial charge >= 0.3 is 5.97 Å². The van der Waals surface area contributed by atoms with Gasteiger partial charge in [-0.2, -0.15) is 9.78 Å². The second-order valence-electron chi connectivity index (χ2n) is 9.29. The number of esters is 1. The number of para-hydroxylation sites is 1. The van der Waals surface area contributed by atoms with E-state index >= 15 is 0 Å². The topological polar surface area (TPSA) is 105 Å². The van der Waals surface area contributed by atoms with Crippen LogP contribution in [0.25, 0.3) is 33.5 Å². The zero-order valence-corrected chi connectivity index (χ0v) is 27.4. The van der Waals surface area contributed by atoms with Gasteiger partial charge in [-0.25, -0.2) is 9.78 Å². The second kappa shape index (κ2) is 12.8. The molecule has 0 saturated carbocycles. The summed E-state index contributed by atoms with van der Waals surface area (Å²) in [6.07, 6.45) is 1.25. The van der Waals surface area contributed by atoms with E-state index in [4.69, 9.17) is 23.6 Å². The van der Waals surface area contributed by atoms with Gasteiger partial charge in [0.05, 0.1) is 34.3 Å². The summed E-state index contributed by atoms with van der Waals surface area (Å²) in [7, 11) is 0. The van der Waals surface area contributed by atoms with Crippen molar-refractivity contribution in [3.8, 4) is 23.1 Å². The first-order valence-corrected chi connectivity index (χ1v) is 15.3. The lowest BCUT2D eigenvalue weighted by Crippen LogP contribution is -2.20.